The number of nitriles is 1. The van der Waals surface area contributed by atoms with E-state index in [0.717, 1.165) is 0 Å². The van der Waals surface area contributed by atoms with Crippen LogP contribution in [-0.2, 0) is 0 Å². The minimum atomic E-state index is -0.409. The second-order valence-corrected chi connectivity index (χ2v) is 4.37. The van der Waals surface area contributed by atoms with Crippen molar-refractivity contribution in [2.75, 3.05) is 0 Å². The van der Waals surface area contributed by atoms with Crippen LogP contribution in [0.25, 0.3) is 11.4 Å². The topological polar surface area (TPSA) is 121 Å². The summed E-state index contributed by atoms with van der Waals surface area (Å²) in [6.07, 6.45) is 1.17. The summed E-state index contributed by atoms with van der Waals surface area (Å²) in [6, 6.07) is 4.38. The molecule has 0 saturated carbocycles. The number of nitrogens with zero attached hydrogens (tertiary/aromatic N) is 5. The minimum absolute atomic E-state index is 0.130. The van der Waals surface area contributed by atoms with E-state index in [0.29, 0.717) is 10.4 Å². The van der Waals surface area contributed by atoms with Gasteiger partial charge in [0, 0.05) is 6.07 Å². The van der Waals surface area contributed by atoms with Crippen molar-refractivity contribution in [3.05, 3.63) is 39.9 Å². The van der Waals surface area contributed by atoms with Gasteiger partial charge in [0.15, 0.2) is 11.2 Å². The van der Waals surface area contributed by atoms with E-state index in [1.165, 1.54) is 23.0 Å². The van der Waals surface area contributed by atoms with E-state index in [9.17, 15) is 10.0 Å². The molecule has 0 saturated heterocycles. The van der Waals surface area contributed by atoms with E-state index in [1.807, 2.05) is 13.8 Å². The molecule has 0 aliphatic rings. The second-order valence-electron chi connectivity index (χ2n) is 4.37. The molecule has 0 atom stereocenters. The quantitative estimate of drug-likeness (QED) is 0.760. The van der Waals surface area contributed by atoms with E-state index in [1.54, 1.807) is 6.07 Å². The van der Waals surface area contributed by atoms with Crippen molar-refractivity contribution in [3.63, 3.8) is 0 Å². The van der Waals surface area contributed by atoms with E-state index >= 15 is 0 Å². The third-order valence-corrected chi connectivity index (χ3v) is 2.61. The first-order valence-corrected chi connectivity index (χ1v) is 5.82. The molecule has 0 amide bonds. The van der Waals surface area contributed by atoms with Gasteiger partial charge in [0.05, 0.1) is 12.2 Å². The number of nitrogens with one attached hydrogen (secondary N) is 1. The summed E-state index contributed by atoms with van der Waals surface area (Å²) in [5.41, 5.74) is -0.354. The Kier molecular flexibility index (Phi) is 3.35. The van der Waals surface area contributed by atoms with Gasteiger partial charge in [-0.05, 0) is 19.9 Å². The van der Waals surface area contributed by atoms with Gasteiger partial charge in [-0.1, -0.05) is 0 Å². The number of aromatic nitrogens is 4. The first-order chi connectivity index (χ1) is 9.43. The minimum Gasteiger partial charge on any atom is -0.427 e. The van der Waals surface area contributed by atoms with E-state index in [-0.39, 0.29) is 23.0 Å². The maximum atomic E-state index is 11.6. The van der Waals surface area contributed by atoms with Crippen LogP contribution < -0.4 is 11.0 Å². The predicted molar refractivity (Wildman–Crippen MR) is 67.9 cm³/mol. The Hall–Kier alpha value is -2.95. The number of hydrogen-bond acceptors (Lipinski definition) is 6. The van der Waals surface area contributed by atoms with Gasteiger partial charge in [-0.15, -0.1) is 0 Å². The molecule has 8 heteroatoms. The Balaban J connectivity index is 2.67. The average molecular weight is 272 g/mol. The number of hydrogen-bond donors (Lipinski definition) is 2. The van der Waals surface area contributed by atoms with Crippen molar-refractivity contribution in [3.8, 4) is 17.5 Å². The molecule has 0 unspecified atom stereocenters. The Morgan fingerprint density at radius 2 is 2.10 bits per heavy atom. The highest BCUT2D eigenvalue weighted by molar-refractivity contribution is 5.52. The highest BCUT2D eigenvalue weighted by Crippen LogP contribution is 2.12. The first-order valence-electron chi connectivity index (χ1n) is 5.82. The lowest BCUT2D eigenvalue weighted by molar-refractivity contribution is 0.169. The average Bonchev–Trinajstić information content (AvgIpc) is 2.42. The van der Waals surface area contributed by atoms with Crippen molar-refractivity contribution >= 4 is 0 Å². The zero-order valence-electron chi connectivity index (χ0n) is 10.9. The van der Waals surface area contributed by atoms with Crippen LogP contribution in [0.2, 0.25) is 0 Å². The van der Waals surface area contributed by atoms with Crippen molar-refractivity contribution in [1.82, 2.24) is 19.5 Å². The Morgan fingerprint density at radius 1 is 1.40 bits per heavy atom. The largest absolute Gasteiger partial charge is 0.427 e. The lowest BCUT2D eigenvalue weighted by Crippen LogP contribution is -2.25. The van der Waals surface area contributed by atoms with Crippen LogP contribution in [0.15, 0.2) is 23.1 Å². The Labute approximate surface area is 113 Å². The molecule has 0 aliphatic heterocycles. The zero-order valence-corrected chi connectivity index (χ0v) is 10.9. The molecular weight excluding hydrogens is 260 g/mol. The van der Waals surface area contributed by atoms with Crippen molar-refractivity contribution in [1.29, 1.82) is 10.7 Å². The van der Waals surface area contributed by atoms with Crippen LogP contribution in [0.1, 0.15) is 25.6 Å². The normalized spacial score (nSPS) is 10.5. The van der Waals surface area contributed by atoms with Gasteiger partial charge in [-0.2, -0.15) is 15.1 Å². The lowest BCUT2D eigenvalue weighted by atomic mass is 10.3. The summed E-state index contributed by atoms with van der Waals surface area (Å²) in [6.45, 7) is 3.62. The van der Waals surface area contributed by atoms with Crippen LogP contribution in [-0.4, -0.2) is 24.7 Å². The fraction of sp³-hybridized carbons (Fsp3) is 0.250. The molecule has 2 rings (SSSR count). The molecule has 0 aliphatic carbocycles. The third-order valence-electron chi connectivity index (χ3n) is 2.61. The van der Waals surface area contributed by atoms with Crippen molar-refractivity contribution in [2.45, 2.75) is 19.9 Å². The van der Waals surface area contributed by atoms with Crippen LogP contribution in [0.4, 0.5) is 0 Å². The van der Waals surface area contributed by atoms with Crippen molar-refractivity contribution in [2.24, 2.45) is 0 Å². The molecule has 0 bridgehead atoms. The summed E-state index contributed by atoms with van der Waals surface area (Å²) in [4.78, 5) is 15.6. The first kappa shape index (κ1) is 13.5. The summed E-state index contributed by atoms with van der Waals surface area (Å²) in [5, 5.41) is 30.0. The molecule has 102 valence electrons. The molecule has 20 heavy (non-hydrogen) atoms. The fourth-order valence-corrected chi connectivity index (χ4v) is 1.62. The van der Waals surface area contributed by atoms with E-state index in [4.69, 9.17) is 10.7 Å². The Bertz CT molecular complexity index is 812. The van der Waals surface area contributed by atoms with Crippen molar-refractivity contribution < 1.29 is 5.21 Å². The van der Waals surface area contributed by atoms with Gasteiger partial charge in [-0.25, -0.2) is 9.67 Å². The summed E-state index contributed by atoms with van der Waals surface area (Å²) >= 11 is 0. The lowest BCUT2D eigenvalue weighted by Gasteiger charge is -2.10. The molecule has 2 heterocycles. The second kappa shape index (κ2) is 4.97. The van der Waals surface area contributed by atoms with Crippen LogP contribution in [0.5, 0.6) is 0 Å². The van der Waals surface area contributed by atoms with Gasteiger partial charge in [0.25, 0.3) is 5.56 Å². The summed E-state index contributed by atoms with van der Waals surface area (Å²) < 4.78 is 1.77. The smallest absolute Gasteiger partial charge is 0.267 e. The van der Waals surface area contributed by atoms with E-state index < -0.39 is 5.49 Å². The molecule has 0 fully saturated rings. The molecule has 0 aromatic carbocycles. The molecule has 0 spiro atoms. The van der Waals surface area contributed by atoms with Gasteiger partial charge < -0.3 is 5.21 Å². The van der Waals surface area contributed by atoms with Crippen LogP contribution in [0, 0.1) is 16.7 Å². The molecule has 2 aromatic heterocycles. The number of rotatable bonds is 2. The van der Waals surface area contributed by atoms with Gasteiger partial charge in [0.1, 0.15) is 17.5 Å². The fourth-order valence-electron chi connectivity index (χ4n) is 1.62. The van der Waals surface area contributed by atoms with Crippen LogP contribution >= 0.6 is 0 Å². The molecule has 2 N–H and O–H groups in total. The van der Waals surface area contributed by atoms with Gasteiger partial charge in [0.2, 0.25) is 0 Å². The highest BCUT2D eigenvalue weighted by Gasteiger charge is 2.10. The molecule has 2 aromatic rings. The summed E-state index contributed by atoms with van der Waals surface area (Å²) in [7, 11) is 0. The zero-order chi connectivity index (χ0) is 14.9. The third kappa shape index (κ3) is 2.29. The predicted octanol–water partition coefficient (Wildman–Crippen LogP) is 0.276. The standard InChI is InChI=1S/C12H12N6O2/c1-7(2)18-11(19)4-3-8(16-18)10-6-17(20)12(14)9(5-13)15-10/h3-4,6-7,14,20H,1-2H3. The molecular formula is C12H12N6O2. The maximum Gasteiger partial charge on any atom is 0.267 e. The molecule has 8 nitrogen and oxygen atoms in total. The van der Waals surface area contributed by atoms with Gasteiger partial charge in [-0.3, -0.25) is 10.2 Å². The Morgan fingerprint density at radius 3 is 2.70 bits per heavy atom. The summed E-state index contributed by atoms with van der Waals surface area (Å²) in [5.74, 6) is 0. The molecule has 0 radical (unpaired) electrons. The van der Waals surface area contributed by atoms with E-state index in [2.05, 4.69) is 10.1 Å². The SMILES string of the molecule is CC(C)n1nc(-c2cn(O)c(=N)c(C#N)n2)ccc1=O. The monoisotopic (exact) mass is 272 g/mol. The maximum absolute atomic E-state index is 11.6. The van der Waals surface area contributed by atoms with Crippen LogP contribution in [0.3, 0.4) is 0 Å². The highest BCUT2D eigenvalue weighted by atomic mass is 16.5. The van der Waals surface area contributed by atoms with Gasteiger partial charge >= 0.3 is 0 Å².